The zero-order valence-electron chi connectivity index (χ0n) is 9.82. The molecule has 5 heteroatoms. The third-order valence-electron chi connectivity index (χ3n) is 2.67. The van der Waals surface area contributed by atoms with Crippen LogP contribution in [-0.2, 0) is 0 Å². The molecule has 2 rings (SSSR count). The zero-order valence-corrected chi connectivity index (χ0v) is 10.6. The number of nitrogens with one attached hydrogen (secondary N) is 1. The average molecular weight is 266 g/mol. The maximum absolute atomic E-state index is 13.9. The number of hydrazine groups is 1. The predicted octanol–water partition coefficient (Wildman–Crippen LogP) is 2.74. The zero-order chi connectivity index (χ0) is 13.1. The van der Waals surface area contributed by atoms with Gasteiger partial charge in [-0.15, -0.1) is 0 Å². The standard InChI is InChI=1S/C13H13ClFN3/c1-8-4-9(7-17-6-8)13(18-16)11-3-2-10(14)5-12(11)15/h2-7,13,18H,16H2,1H3. The second kappa shape index (κ2) is 5.44. The highest BCUT2D eigenvalue weighted by molar-refractivity contribution is 6.30. The summed E-state index contributed by atoms with van der Waals surface area (Å²) in [6.07, 6.45) is 3.39. The second-order valence-electron chi connectivity index (χ2n) is 4.06. The fraction of sp³-hybridized carbons (Fsp3) is 0.154. The number of hydrogen-bond donors (Lipinski definition) is 2. The molecule has 1 aromatic carbocycles. The molecule has 2 aromatic rings. The smallest absolute Gasteiger partial charge is 0.129 e. The van der Waals surface area contributed by atoms with E-state index in [2.05, 4.69) is 10.4 Å². The van der Waals surface area contributed by atoms with Crippen molar-refractivity contribution in [3.63, 3.8) is 0 Å². The van der Waals surface area contributed by atoms with Crippen molar-refractivity contribution in [2.24, 2.45) is 5.84 Å². The Morgan fingerprint density at radius 3 is 2.72 bits per heavy atom. The normalized spacial score (nSPS) is 12.4. The number of pyridine rings is 1. The first kappa shape index (κ1) is 13.0. The van der Waals surface area contributed by atoms with Crippen molar-refractivity contribution in [2.45, 2.75) is 13.0 Å². The van der Waals surface area contributed by atoms with Crippen LogP contribution in [0, 0.1) is 12.7 Å². The van der Waals surface area contributed by atoms with E-state index < -0.39 is 11.9 Å². The molecule has 3 N–H and O–H groups in total. The van der Waals surface area contributed by atoms with Gasteiger partial charge in [-0.25, -0.2) is 9.82 Å². The van der Waals surface area contributed by atoms with Crippen LogP contribution in [0.3, 0.4) is 0 Å². The molecule has 18 heavy (non-hydrogen) atoms. The number of nitrogens with two attached hydrogens (primary N) is 1. The second-order valence-corrected chi connectivity index (χ2v) is 4.50. The molecule has 0 fully saturated rings. The van der Waals surface area contributed by atoms with Crippen LogP contribution in [0.15, 0.2) is 36.7 Å². The van der Waals surface area contributed by atoms with Gasteiger partial charge in [-0.3, -0.25) is 10.8 Å². The number of rotatable bonds is 3. The van der Waals surface area contributed by atoms with Gasteiger partial charge in [0, 0.05) is 23.0 Å². The Balaban J connectivity index is 2.45. The summed E-state index contributed by atoms with van der Waals surface area (Å²) in [5.74, 6) is 5.12. The maximum Gasteiger partial charge on any atom is 0.129 e. The molecule has 94 valence electrons. The summed E-state index contributed by atoms with van der Waals surface area (Å²) in [4.78, 5) is 4.08. The number of hydrogen-bond acceptors (Lipinski definition) is 3. The van der Waals surface area contributed by atoms with E-state index in [1.807, 2.05) is 13.0 Å². The first-order chi connectivity index (χ1) is 8.61. The Bertz CT molecular complexity index is 560. The van der Waals surface area contributed by atoms with E-state index in [0.717, 1.165) is 11.1 Å². The summed E-state index contributed by atoms with van der Waals surface area (Å²) in [5, 5.41) is 0.356. The van der Waals surface area contributed by atoms with Gasteiger partial charge in [0.2, 0.25) is 0 Å². The molecular weight excluding hydrogens is 253 g/mol. The molecule has 1 atom stereocenters. The lowest BCUT2D eigenvalue weighted by atomic mass is 9.99. The SMILES string of the molecule is Cc1cncc(C(NN)c2ccc(Cl)cc2F)c1. The largest absolute Gasteiger partial charge is 0.271 e. The van der Waals surface area contributed by atoms with Crippen LogP contribution in [0.2, 0.25) is 5.02 Å². The summed E-state index contributed by atoms with van der Waals surface area (Å²) in [6, 6.07) is 5.98. The third kappa shape index (κ3) is 2.67. The van der Waals surface area contributed by atoms with Gasteiger partial charge in [0.15, 0.2) is 0 Å². The summed E-state index contributed by atoms with van der Waals surface area (Å²) in [6.45, 7) is 1.92. The van der Waals surface area contributed by atoms with Gasteiger partial charge in [0.1, 0.15) is 5.82 Å². The third-order valence-corrected chi connectivity index (χ3v) is 2.90. The Morgan fingerprint density at radius 2 is 2.11 bits per heavy atom. The van der Waals surface area contributed by atoms with Crippen molar-refractivity contribution in [3.8, 4) is 0 Å². The van der Waals surface area contributed by atoms with Crippen LogP contribution < -0.4 is 11.3 Å². The van der Waals surface area contributed by atoms with Gasteiger partial charge in [-0.1, -0.05) is 23.7 Å². The number of aryl methyl sites for hydroxylation is 1. The first-order valence-corrected chi connectivity index (χ1v) is 5.82. The topological polar surface area (TPSA) is 50.9 Å². The molecule has 0 amide bonds. The molecule has 1 unspecified atom stereocenters. The maximum atomic E-state index is 13.9. The molecule has 1 aromatic heterocycles. The number of benzene rings is 1. The highest BCUT2D eigenvalue weighted by Gasteiger charge is 2.17. The van der Waals surface area contributed by atoms with E-state index in [0.29, 0.717) is 10.6 Å². The van der Waals surface area contributed by atoms with E-state index in [-0.39, 0.29) is 0 Å². The van der Waals surface area contributed by atoms with Gasteiger partial charge in [-0.2, -0.15) is 0 Å². The van der Waals surface area contributed by atoms with Crippen LogP contribution in [0.1, 0.15) is 22.7 Å². The lowest BCUT2D eigenvalue weighted by Crippen LogP contribution is -2.29. The summed E-state index contributed by atoms with van der Waals surface area (Å²) >= 11 is 5.73. The van der Waals surface area contributed by atoms with Gasteiger partial charge in [-0.05, 0) is 30.2 Å². The molecule has 3 nitrogen and oxygen atoms in total. The summed E-state index contributed by atoms with van der Waals surface area (Å²) in [5.41, 5.74) is 4.83. The Hall–Kier alpha value is -1.49. The van der Waals surface area contributed by atoms with Gasteiger partial charge < -0.3 is 0 Å². The summed E-state index contributed by atoms with van der Waals surface area (Å²) in [7, 11) is 0. The number of nitrogens with zero attached hydrogens (tertiary/aromatic N) is 1. The van der Waals surface area contributed by atoms with Crippen molar-refractivity contribution in [1.82, 2.24) is 10.4 Å². The van der Waals surface area contributed by atoms with Crippen LogP contribution in [0.5, 0.6) is 0 Å². The first-order valence-electron chi connectivity index (χ1n) is 5.44. The minimum atomic E-state index is -0.449. The van der Waals surface area contributed by atoms with E-state index in [1.54, 1.807) is 24.5 Å². The molecule has 0 spiro atoms. The van der Waals surface area contributed by atoms with Crippen molar-refractivity contribution >= 4 is 11.6 Å². The molecule has 1 heterocycles. The molecule has 0 aliphatic rings. The van der Waals surface area contributed by atoms with Crippen molar-refractivity contribution in [2.75, 3.05) is 0 Å². The van der Waals surface area contributed by atoms with Gasteiger partial charge in [0.25, 0.3) is 0 Å². The lowest BCUT2D eigenvalue weighted by molar-refractivity contribution is 0.559. The molecule has 0 bridgehead atoms. The van der Waals surface area contributed by atoms with Crippen molar-refractivity contribution in [3.05, 3.63) is 64.2 Å². The number of halogens is 2. The number of aromatic nitrogens is 1. The van der Waals surface area contributed by atoms with Crippen molar-refractivity contribution < 1.29 is 4.39 Å². The van der Waals surface area contributed by atoms with E-state index in [9.17, 15) is 4.39 Å². The lowest BCUT2D eigenvalue weighted by Gasteiger charge is -2.17. The minimum Gasteiger partial charge on any atom is -0.271 e. The minimum absolute atomic E-state index is 0.356. The highest BCUT2D eigenvalue weighted by atomic mass is 35.5. The monoisotopic (exact) mass is 265 g/mol. The molecule has 0 aliphatic carbocycles. The molecular formula is C13H13ClFN3. The van der Waals surface area contributed by atoms with Crippen molar-refractivity contribution in [1.29, 1.82) is 0 Å². The van der Waals surface area contributed by atoms with Crippen LogP contribution in [0.4, 0.5) is 4.39 Å². The van der Waals surface area contributed by atoms with Crippen LogP contribution in [0.25, 0.3) is 0 Å². The molecule has 0 aliphatic heterocycles. The van der Waals surface area contributed by atoms with E-state index >= 15 is 0 Å². The Morgan fingerprint density at radius 1 is 1.33 bits per heavy atom. The predicted molar refractivity (Wildman–Crippen MR) is 69.6 cm³/mol. The average Bonchev–Trinajstić information content (AvgIpc) is 2.33. The molecule has 0 saturated heterocycles. The van der Waals surface area contributed by atoms with Crippen LogP contribution >= 0.6 is 11.6 Å². The molecule has 0 radical (unpaired) electrons. The van der Waals surface area contributed by atoms with E-state index in [1.165, 1.54) is 6.07 Å². The Labute approximate surface area is 110 Å². The van der Waals surface area contributed by atoms with Gasteiger partial charge in [0.05, 0.1) is 6.04 Å². The van der Waals surface area contributed by atoms with Crippen LogP contribution in [-0.4, -0.2) is 4.98 Å². The highest BCUT2D eigenvalue weighted by Crippen LogP contribution is 2.25. The van der Waals surface area contributed by atoms with E-state index in [4.69, 9.17) is 17.4 Å². The fourth-order valence-electron chi connectivity index (χ4n) is 1.84. The molecule has 0 saturated carbocycles. The van der Waals surface area contributed by atoms with Gasteiger partial charge >= 0.3 is 0 Å². The fourth-order valence-corrected chi connectivity index (χ4v) is 2.00. The Kier molecular flexibility index (Phi) is 3.91. The quantitative estimate of drug-likeness (QED) is 0.663. The summed E-state index contributed by atoms with van der Waals surface area (Å²) < 4.78 is 13.9.